The first-order valence-corrected chi connectivity index (χ1v) is 12.2. The monoisotopic (exact) mass is 539 g/mol. The summed E-state index contributed by atoms with van der Waals surface area (Å²) in [4.78, 5) is 13.4. The van der Waals surface area contributed by atoms with Crippen LogP contribution in [-0.2, 0) is 9.78 Å². The third-order valence-electron chi connectivity index (χ3n) is 5.51. The molecule has 34 heavy (non-hydrogen) atoms. The van der Waals surface area contributed by atoms with Gasteiger partial charge in [0.1, 0.15) is 12.1 Å². The second kappa shape index (κ2) is 11.0. The van der Waals surface area contributed by atoms with Gasteiger partial charge in [-0.2, -0.15) is 4.89 Å². The number of rotatable bonds is 8. The Bertz CT molecular complexity index is 1360. The molecule has 4 aromatic rings. The van der Waals surface area contributed by atoms with Gasteiger partial charge >= 0.3 is 0 Å². The molecule has 0 saturated carbocycles. The Morgan fingerprint density at radius 1 is 1.06 bits per heavy atom. The molecule has 0 bridgehead atoms. The Balaban J connectivity index is 1.90. The fraction of sp³-hybridized carbons (Fsp3) is 0.143. The number of para-hydroxylation sites is 1. The number of allylic oxidation sites excluding steroid dienone is 1. The van der Waals surface area contributed by atoms with Gasteiger partial charge in [-0.25, -0.2) is 4.39 Å². The van der Waals surface area contributed by atoms with Crippen molar-refractivity contribution in [3.05, 3.63) is 111 Å². The summed E-state index contributed by atoms with van der Waals surface area (Å²) in [5, 5.41) is 1.47. The van der Waals surface area contributed by atoms with Crippen LogP contribution in [0.25, 0.3) is 28.1 Å². The van der Waals surface area contributed by atoms with Crippen LogP contribution < -0.4 is 0 Å². The molecule has 1 aromatic heterocycles. The summed E-state index contributed by atoms with van der Waals surface area (Å²) in [6.45, 7) is 4.41. The van der Waals surface area contributed by atoms with E-state index in [1.807, 2.05) is 43.3 Å². The summed E-state index contributed by atoms with van der Waals surface area (Å²) < 4.78 is 14.8. The van der Waals surface area contributed by atoms with Crippen LogP contribution in [0.15, 0.2) is 77.5 Å². The smallest absolute Gasteiger partial charge is 0.130 e. The van der Waals surface area contributed by atoms with E-state index in [0.717, 1.165) is 48.9 Å². The number of benzene rings is 3. The Morgan fingerprint density at radius 3 is 2.50 bits per heavy atom. The molecule has 1 N–H and O–H groups in total. The van der Waals surface area contributed by atoms with Gasteiger partial charge in [-0.3, -0.25) is 0 Å². The van der Waals surface area contributed by atoms with Crippen LogP contribution in [-0.4, -0.2) is 11.6 Å². The summed E-state index contributed by atoms with van der Waals surface area (Å²) in [5.74, 6) is -0.358. The molecule has 0 saturated heterocycles. The molecule has 174 valence electrons. The minimum Gasteiger partial charge on any atom is -0.354 e. The molecule has 0 spiro atoms. The summed E-state index contributed by atoms with van der Waals surface area (Å²) in [6, 6.07) is 20.8. The van der Waals surface area contributed by atoms with E-state index in [0.29, 0.717) is 18.1 Å². The minimum atomic E-state index is -0.358. The fourth-order valence-electron chi connectivity index (χ4n) is 3.96. The summed E-state index contributed by atoms with van der Waals surface area (Å²) in [6.07, 6.45) is 4.05. The normalized spacial score (nSPS) is 12.4. The van der Waals surface area contributed by atoms with Crippen molar-refractivity contribution >= 4 is 55.7 Å². The van der Waals surface area contributed by atoms with Gasteiger partial charge in [0.15, 0.2) is 0 Å². The number of nitrogens with one attached hydrogen (secondary N) is 1. The zero-order chi connectivity index (χ0) is 24.1. The molecule has 0 unspecified atom stereocenters. The quantitative estimate of drug-likeness (QED) is 0.0795. The first-order chi connectivity index (χ1) is 16.5. The van der Waals surface area contributed by atoms with Crippen LogP contribution >= 0.6 is 27.5 Å². The maximum atomic E-state index is 13.8. The lowest BCUT2D eigenvalue weighted by Gasteiger charge is -2.17. The van der Waals surface area contributed by atoms with Crippen molar-refractivity contribution in [1.82, 2.24) is 4.98 Å². The molecule has 6 heteroatoms. The van der Waals surface area contributed by atoms with E-state index in [4.69, 9.17) is 21.4 Å². The predicted molar refractivity (Wildman–Crippen MR) is 142 cm³/mol. The van der Waals surface area contributed by atoms with Crippen LogP contribution in [0.1, 0.15) is 42.7 Å². The number of halogens is 3. The Morgan fingerprint density at radius 2 is 1.82 bits per heavy atom. The standard InChI is InChI=1S/C28H24BrClFNO2/c1-3-21(22-14-13-20(31)17-24(22)30)26(28-27(29)23-7-5-6-8-25(23)32-28)19-11-9-18(10-12-19)15-16-34-33-4-2/h5-17,32H,3-4H2,1-2H3/b16-15+,26-21+. The van der Waals surface area contributed by atoms with Gasteiger partial charge in [-0.15, -0.1) is 0 Å². The van der Waals surface area contributed by atoms with Gasteiger partial charge in [0.2, 0.25) is 0 Å². The van der Waals surface area contributed by atoms with Crippen LogP contribution in [0.2, 0.25) is 5.02 Å². The van der Waals surface area contributed by atoms with Crippen LogP contribution in [0.5, 0.6) is 0 Å². The molecule has 3 aromatic carbocycles. The van der Waals surface area contributed by atoms with E-state index >= 15 is 0 Å². The Kier molecular flexibility index (Phi) is 7.88. The van der Waals surface area contributed by atoms with Crippen molar-refractivity contribution in [2.24, 2.45) is 0 Å². The molecule has 4 rings (SSSR count). The van der Waals surface area contributed by atoms with Crippen molar-refractivity contribution in [2.75, 3.05) is 6.61 Å². The van der Waals surface area contributed by atoms with E-state index in [-0.39, 0.29) is 5.82 Å². The summed E-state index contributed by atoms with van der Waals surface area (Å²) >= 11 is 10.3. The van der Waals surface area contributed by atoms with E-state index in [1.54, 1.807) is 6.07 Å². The number of fused-ring (bicyclic) bond motifs is 1. The van der Waals surface area contributed by atoms with E-state index in [9.17, 15) is 4.39 Å². The van der Waals surface area contributed by atoms with E-state index < -0.39 is 0 Å². The van der Waals surface area contributed by atoms with Crippen molar-refractivity contribution < 1.29 is 14.2 Å². The number of H-pyrrole nitrogens is 1. The van der Waals surface area contributed by atoms with Gasteiger partial charge < -0.3 is 9.87 Å². The molecule has 0 radical (unpaired) electrons. The molecule has 1 heterocycles. The van der Waals surface area contributed by atoms with Gasteiger partial charge in [0.25, 0.3) is 0 Å². The molecule has 0 atom stereocenters. The lowest BCUT2D eigenvalue weighted by atomic mass is 9.90. The van der Waals surface area contributed by atoms with Gasteiger partial charge in [-0.1, -0.05) is 67.1 Å². The second-order valence-corrected chi connectivity index (χ2v) is 8.82. The topological polar surface area (TPSA) is 34.2 Å². The lowest BCUT2D eigenvalue weighted by Crippen LogP contribution is -1.97. The second-order valence-electron chi connectivity index (χ2n) is 7.62. The highest BCUT2D eigenvalue weighted by atomic mass is 79.9. The first-order valence-electron chi connectivity index (χ1n) is 11.0. The fourth-order valence-corrected chi connectivity index (χ4v) is 4.88. The van der Waals surface area contributed by atoms with Crippen LogP contribution in [0, 0.1) is 5.82 Å². The third-order valence-corrected chi connectivity index (χ3v) is 6.64. The van der Waals surface area contributed by atoms with Crippen molar-refractivity contribution in [3.8, 4) is 0 Å². The highest BCUT2D eigenvalue weighted by molar-refractivity contribution is 9.10. The number of aromatic amines is 1. The largest absolute Gasteiger partial charge is 0.354 e. The maximum Gasteiger partial charge on any atom is 0.130 e. The van der Waals surface area contributed by atoms with Crippen LogP contribution in [0.4, 0.5) is 4.39 Å². The number of aromatic nitrogens is 1. The lowest BCUT2D eigenvalue weighted by molar-refractivity contribution is -0.243. The molecular weight excluding hydrogens is 517 g/mol. The maximum absolute atomic E-state index is 13.8. The Hall–Kier alpha value is -2.86. The van der Waals surface area contributed by atoms with Gasteiger partial charge in [-0.05, 0) is 75.8 Å². The summed E-state index contributed by atoms with van der Waals surface area (Å²) in [5.41, 5.74) is 6.76. The average molecular weight is 541 g/mol. The van der Waals surface area contributed by atoms with Gasteiger partial charge in [0.05, 0.1) is 21.8 Å². The third kappa shape index (κ3) is 5.12. The molecule has 0 fully saturated rings. The Labute approximate surface area is 211 Å². The van der Waals surface area contributed by atoms with Gasteiger partial charge in [0, 0.05) is 16.5 Å². The number of hydrogen-bond donors (Lipinski definition) is 1. The average Bonchev–Trinajstić information content (AvgIpc) is 3.17. The SMILES string of the molecule is CCOO/C=C/c1ccc(/C(=C(/CC)c2ccc(F)cc2Cl)c2[nH]c3ccccc3c2Br)cc1. The summed E-state index contributed by atoms with van der Waals surface area (Å²) in [7, 11) is 0. The minimum absolute atomic E-state index is 0.358. The number of hydrogen-bond acceptors (Lipinski definition) is 2. The van der Waals surface area contributed by atoms with Crippen molar-refractivity contribution in [2.45, 2.75) is 20.3 Å². The molecule has 0 aliphatic rings. The molecular formula is C28H24BrClFNO2. The first kappa shape index (κ1) is 24.3. The zero-order valence-corrected chi connectivity index (χ0v) is 21.2. The molecule has 3 nitrogen and oxygen atoms in total. The van der Waals surface area contributed by atoms with Crippen molar-refractivity contribution in [3.63, 3.8) is 0 Å². The highest BCUT2D eigenvalue weighted by Gasteiger charge is 2.20. The van der Waals surface area contributed by atoms with Crippen molar-refractivity contribution in [1.29, 1.82) is 0 Å². The van der Waals surface area contributed by atoms with E-state index in [1.165, 1.54) is 18.4 Å². The van der Waals surface area contributed by atoms with E-state index in [2.05, 4.69) is 46.0 Å². The molecule has 0 aliphatic heterocycles. The highest BCUT2D eigenvalue weighted by Crippen LogP contribution is 2.41. The predicted octanol–water partition coefficient (Wildman–Crippen LogP) is 9.03. The molecule has 0 amide bonds. The molecule has 0 aliphatic carbocycles. The zero-order valence-electron chi connectivity index (χ0n) is 18.9. The van der Waals surface area contributed by atoms with Crippen LogP contribution in [0.3, 0.4) is 0 Å².